The molecule has 3 N–H and O–H groups in total. The molecule has 0 saturated carbocycles. The molecule has 0 saturated heterocycles. The first-order valence-electron chi connectivity index (χ1n) is 4.09. The maximum atomic E-state index is 12.4. The molecule has 0 spiro atoms. The van der Waals surface area contributed by atoms with Crippen molar-refractivity contribution >= 4 is 40.1 Å². The second kappa shape index (κ2) is 4.75. The quantitative estimate of drug-likeness (QED) is 0.765. The number of anilines is 1. The highest BCUT2D eigenvalue weighted by atomic mass is 32.1. The molecule has 0 aromatic heterocycles. The van der Waals surface area contributed by atoms with Crippen LogP contribution in [0.5, 0.6) is 0 Å². The van der Waals surface area contributed by atoms with Crippen LogP contribution in [0.4, 0.5) is 18.9 Å². The van der Waals surface area contributed by atoms with E-state index < -0.39 is 11.7 Å². The van der Waals surface area contributed by atoms with Crippen molar-refractivity contribution in [2.75, 3.05) is 5.32 Å². The SMILES string of the molecule is NC(=S)C(=S)Nc1cccc(C(F)(F)F)c1. The monoisotopic (exact) mass is 264 g/mol. The fourth-order valence-electron chi connectivity index (χ4n) is 0.966. The number of benzene rings is 1. The Labute approximate surface area is 101 Å². The van der Waals surface area contributed by atoms with E-state index in [1.807, 2.05) is 0 Å². The standard InChI is InChI=1S/C9H7F3N2S2/c10-9(11,12)5-2-1-3-6(4-5)14-8(16)7(13)15/h1-4H,(H2,13,15)(H,14,16). The zero-order valence-electron chi connectivity index (χ0n) is 7.84. The number of hydrogen-bond acceptors (Lipinski definition) is 2. The number of hydrogen-bond donors (Lipinski definition) is 2. The number of thiocarbonyl (C=S) groups is 2. The number of alkyl halides is 3. The third kappa shape index (κ3) is 3.42. The summed E-state index contributed by atoms with van der Waals surface area (Å²) < 4.78 is 37.1. The molecular weight excluding hydrogens is 257 g/mol. The molecule has 0 aliphatic carbocycles. The van der Waals surface area contributed by atoms with Gasteiger partial charge in [-0.2, -0.15) is 13.2 Å². The van der Waals surface area contributed by atoms with Crippen LogP contribution in [0.3, 0.4) is 0 Å². The maximum Gasteiger partial charge on any atom is 0.416 e. The summed E-state index contributed by atoms with van der Waals surface area (Å²) in [7, 11) is 0. The van der Waals surface area contributed by atoms with Crippen LogP contribution in [0.2, 0.25) is 0 Å². The first-order chi connectivity index (χ1) is 7.30. The molecular formula is C9H7F3N2S2. The Balaban J connectivity index is 2.92. The summed E-state index contributed by atoms with van der Waals surface area (Å²) in [6.45, 7) is 0. The Morgan fingerprint density at radius 3 is 2.38 bits per heavy atom. The Morgan fingerprint density at radius 1 is 1.25 bits per heavy atom. The first-order valence-corrected chi connectivity index (χ1v) is 4.90. The molecule has 7 heteroatoms. The first kappa shape index (κ1) is 12.9. The van der Waals surface area contributed by atoms with Crippen LogP contribution in [0.1, 0.15) is 5.56 Å². The predicted molar refractivity (Wildman–Crippen MR) is 64.5 cm³/mol. The number of halogens is 3. The molecule has 0 bridgehead atoms. The van der Waals surface area contributed by atoms with Gasteiger partial charge in [-0.05, 0) is 18.2 Å². The summed E-state index contributed by atoms with van der Waals surface area (Å²) in [5.74, 6) is 0. The Kier molecular flexibility index (Phi) is 3.82. The highest BCUT2D eigenvalue weighted by Gasteiger charge is 2.30. The molecule has 0 heterocycles. The van der Waals surface area contributed by atoms with Crippen LogP contribution in [-0.4, -0.2) is 9.98 Å². The van der Waals surface area contributed by atoms with E-state index in [0.717, 1.165) is 12.1 Å². The van der Waals surface area contributed by atoms with Crippen molar-refractivity contribution in [3.8, 4) is 0 Å². The van der Waals surface area contributed by atoms with E-state index in [2.05, 4.69) is 17.5 Å². The maximum absolute atomic E-state index is 12.4. The van der Waals surface area contributed by atoms with Crippen LogP contribution >= 0.6 is 24.4 Å². The van der Waals surface area contributed by atoms with Gasteiger partial charge in [-0.15, -0.1) is 0 Å². The molecule has 1 aromatic carbocycles. The van der Waals surface area contributed by atoms with Crippen molar-refractivity contribution in [3.63, 3.8) is 0 Å². The van der Waals surface area contributed by atoms with Gasteiger partial charge in [-0.3, -0.25) is 0 Å². The number of rotatable bonds is 1. The molecule has 0 aliphatic heterocycles. The minimum atomic E-state index is -4.39. The average molecular weight is 264 g/mol. The zero-order valence-corrected chi connectivity index (χ0v) is 9.47. The van der Waals surface area contributed by atoms with Gasteiger partial charge in [0.25, 0.3) is 0 Å². The molecule has 0 fully saturated rings. The molecule has 0 radical (unpaired) electrons. The molecule has 0 aliphatic rings. The number of nitrogens with one attached hydrogen (secondary N) is 1. The summed E-state index contributed by atoms with van der Waals surface area (Å²) in [5.41, 5.74) is 4.65. The van der Waals surface area contributed by atoms with Gasteiger partial charge in [0.1, 0.15) is 9.98 Å². The van der Waals surface area contributed by atoms with Crippen molar-refractivity contribution in [3.05, 3.63) is 29.8 Å². The van der Waals surface area contributed by atoms with Gasteiger partial charge in [-0.1, -0.05) is 30.5 Å². The fourth-order valence-corrected chi connectivity index (χ4v) is 1.13. The van der Waals surface area contributed by atoms with Crippen LogP contribution in [-0.2, 0) is 6.18 Å². The third-order valence-corrected chi connectivity index (χ3v) is 2.33. The van der Waals surface area contributed by atoms with Crippen molar-refractivity contribution in [2.24, 2.45) is 5.73 Å². The minimum Gasteiger partial charge on any atom is -0.388 e. The topological polar surface area (TPSA) is 38.0 Å². The minimum absolute atomic E-state index is 0.0364. The van der Waals surface area contributed by atoms with Crippen LogP contribution in [0.25, 0.3) is 0 Å². The summed E-state index contributed by atoms with van der Waals surface area (Å²) in [6.07, 6.45) is -4.39. The summed E-state index contributed by atoms with van der Waals surface area (Å²) >= 11 is 9.31. The van der Waals surface area contributed by atoms with Crippen LogP contribution in [0.15, 0.2) is 24.3 Å². The molecule has 16 heavy (non-hydrogen) atoms. The van der Waals surface area contributed by atoms with E-state index in [4.69, 9.17) is 18.0 Å². The Hall–Kier alpha value is -1.21. The molecule has 0 atom stereocenters. The molecule has 2 nitrogen and oxygen atoms in total. The normalized spacial score (nSPS) is 10.9. The van der Waals surface area contributed by atoms with Crippen molar-refractivity contribution in [1.29, 1.82) is 0 Å². The van der Waals surface area contributed by atoms with E-state index in [1.165, 1.54) is 12.1 Å². The smallest absolute Gasteiger partial charge is 0.388 e. The zero-order chi connectivity index (χ0) is 12.3. The highest BCUT2D eigenvalue weighted by Crippen LogP contribution is 2.30. The lowest BCUT2D eigenvalue weighted by Crippen LogP contribution is -2.26. The van der Waals surface area contributed by atoms with Gasteiger partial charge >= 0.3 is 6.18 Å². The molecule has 1 rings (SSSR count). The fraction of sp³-hybridized carbons (Fsp3) is 0.111. The van der Waals surface area contributed by atoms with Crippen LogP contribution < -0.4 is 11.1 Å². The van der Waals surface area contributed by atoms with E-state index in [0.29, 0.717) is 0 Å². The van der Waals surface area contributed by atoms with Gasteiger partial charge in [0, 0.05) is 5.69 Å². The molecule has 1 aromatic rings. The lowest BCUT2D eigenvalue weighted by atomic mass is 10.2. The highest BCUT2D eigenvalue weighted by molar-refractivity contribution is 7.89. The van der Waals surface area contributed by atoms with Gasteiger partial charge in [0.05, 0.1) is 5.56 Å². The summed E-state index contributed by atoms with van der Waals surface area (Å²) in [5, 5.41) is 2.52. The second-order valence-corrected chi connectivity index (χ2v) is 3.75. The van der Waals surface area contributed by atoms with E-state index in [9.17, 15) is 13.2 Å². The lowest BCUT2D eigenvalue weighted by molar-refractivity contribution is -0.137. The van der Waals surface area contributed by atoms with Crippen LogP contribution in [0, 0.1) is 0 Å². The molecule has 0 amide bonds. The van der Waals surface area contributed by atoms with Crippen molar-refractivity contribution in [2.45, 2.75) is 6.18 Å². The molecule has 0 unspecified atom stereocenters. The Morgan fingerprint density at radius 2 is 1.88 bits per heavy atom. The second-order valence-electron chi connectivity index (χ2n) is 2.90. The van der Waals surface area contributed by atoms with E-state index >= 15 is 0 Å². The summed E-state index contributed by atoms with van der Waals surface area (Å²) in [6, 6.07) is 4.62. The van der Waals surface area contributed by atoms with E-state index in [-0.39, 0.29) is 15.7 Å². The predicted octanol–water partition coefficient (Wildman–Crippen LogP) is 2.73. The van der Waals surface area contributed by atoms with Gasteiger partial charge in [-0.25, -0.2) is 0 Å². The van der Waals surface area contributed by atoms with Crippen molar-refractivity contribution in [1.82, 2.24) is 0 Å². The third-order valence-electron chi connectivity index (χ3n) is 1.67. The molecule has 86 valence electrons. The van der Waals surface area contributed by atoms with Gasteiger partial charge in [0.2, 0.25) is 0 Å². The Bertz CT molecular complexity index is 429. The average Bonchev–Trinajstić information content (AvgIpc) is 2.16. The number of nitrogens with two attached hydrogens (primary N) is 1. The van der Waals surface area contributed by atoms with Crippen molar-refractivity contribution < 1.29 is 13.2 Å². The van der Waals surface area contributed by atoms with Gasteiger partial charge in [0.15, 0.2) is 0 Å². The largest absolute Gasteiger partial charge is 0.416 e. The van der Waals surface area contributed by atoms with E-state index in [1.54, 1.807) is 0 Å². The van der Waals surface area contributed by atoms with Gasteiger partial charge < -0.3 is 11.1 Å². The lowest BCUT2D eigenvalue weighted by Gasteiger charge is -2.10. The summed E-state index contributed by atoms with van der Waals surface area (Å²) in [4.78, 5) is -0.0262.